The number of aliphatic imine (C=N–C) groups is 1. The monoisotopic (exact) mass is 71.1 g/mol. The van der Waals surface area contributed by atoms with E-state index in [0.29, 0.717) is 0 Å². The molecule has 0 aromatic rings. The lowest BCUT2D eigenvalue weighted by molar-refractivity contribution is 0.965. The maximum absolute atomic E-state index is 6.82. The fourth-order valence-electron chi connectivity index (χ4n) is 0.289. The lowest BCUT2D eigenvalue weighted by atomic mass is 10.7. The SMILES string of the molecule is [2H]N1C=NCC1. The fourth-order valence-corrected chi connectivity index (χ4v) is 0.289. The first-order chi connectivity index (χ1) is 2.89. The van der Waals surface area contributed by atoms with Crippen LogP contribution in [0.4, 0.5) is 0 Å². The second-order valence-corrected chi connectivity index (χ2v) is 0.928. The molecule has 0 unspecified atom stereocenters. The molecule has 2 heteroatoms. The van der Waals surface area contributed by atoms with Crippen molar-refractivity contribution < 1.29 is 1.41 Å². The van der Waals surface area contributed by atoms with Gasteiger partial charge in [0.2, 0.25) is 0 Å². The van der Waals surface area contributed by atoms with Gasteiger partial charge >= 0.3 is 0 Å². The Labute approximate surface area is 32.4 Å². The summed E-state index contributed by atoms with van der Waals surface area (Å²) in [7, 11) is 0. The molecular formula is C3H6N2. The Hall–Kier alpha value is -0.530. The minimum Gasteiger partial charge on any atom is -0.375 e. The summed E-state index contributed by atoms with van der Waals surface area (Å²) >= 11 is 0. The van der Waals surface area contributed by atoms with E-state index < -0.39 is 0 Å². The highest BCUT2D eigenvalue weighted by atomic mass is 15.0. The Kier molecular flexibility index (Phi) is 0.381. The maximum Gasteiger partial charge on any atom is 0.161 e. The molecule has 0 bridgehead atoms. The summed E-state index contributed by atoms with van der Waals surface area (Å²) in [5.74, 6) is 0. The number of hydrogen-bond acceptors (Lipinski definition) is 2. The highest BCUT2D eigenvalue weighted by Crippen LogP contribution is 1.68. The highest BCUT2D eigenvalue weighted by Gasteiger charge is 1.82. The topological polar surface area (TPSA) is 24.4 Å². The third kappa shape index (κ3) is 0.375. The van der Waals surface area contributed by atoms with Crippen molar-refractivity contribution in [3.63, 3.8) is 0 Å². The van der Waals surface area contributed by atoms with Gasteiger partial charge in [0.15, 0.2) is 1.41 Å². The van der Waals surface area contributed by atoms with Gasteiger partial charge in [-0.1, -0.05) is 0 Å². The average Bonchev–Trinajstić information content (AvgIpc) is 1.86. The predicted molar refractivity (Wildman–Crippen MR) is 21.4 cm³/mol. The molecular weight excluding hydrogens is 64.0 g/mol. The molecule has 1 heterocycles. The van der Waals surface area contributed by atoms with Gasteiger partial charge in [0.05, 0.1) is 12.9 Å². The van der Waals surface area contributed by atoms with E-state index in [-0.39, 0.29) is 0 Å². The van der Waals surface area contributed by atoms with Gasteiger partial charge in [0.1, 0.15) is 0 Å². The molecule has 0 aliphatic carbocycles. The van der Waals surface area contributed by atoms with Crippen LogP contribution < -0.4 is 5.31 Å². The van der Waals surface area contributed by atoms with E-state index in [9.17, 15) is 0 Å². The molecule has 0 aromatic heterocycles. The van der Waals surface area contributed by atoms with Crippen LogP contribution in [-0.4, -0.2) is 19.4 Å². The number of nitrogens with one attached hydrogen (secondary N) is 1. The Balaban J connectivity index is 2.38. The number of rotatable bonds is 0. The average molecular weight is 71.1 g/mol. The molecule has 1 N–H and O–H groups in total. The Bertz CT molecular complexity index is 71.2. The molecule has 1 aliphatic rings. The van der Waals surface area contributed by atoms with Gasteiger partial charge in [-0.2, -0.15) is 0 Å². The second kappa shape index (κ2) is 1.06. The van der Waals surface area contributed by atoms with Crippen molar-refractivity contribution in [2.24, 2.45) is 4.99 Å². The van der Waals surface area contributed by atoms with Crippen molar-refractivity contribution in [3.05, 3.63) is 0 Å². The molecule has 2 nitrogen and oxygen atoms in total. The normalized spacial score (nSPS) is 24.0. The smallest absolute Gasteiger partial charge is 0.161 e. The molecule has 0 amide bonds. The molecule has 28 valence electrons. The van der Waals surface area contributed by atoms with E-state index in [1.54, 1.807) is 0 Å². The van der Waals surface area contributed by atoms with E-state index in [1.165, 1.54) is 11.6 Å². The van der Waals surface area contributed by atoms with Crippen LogP contribution in [0.2, 0.25) is 1.41 Å². The zero-order valence-corrected chi connectivity index (χ0v) is 2.89. The van der Waals surface area contributed by atoms with E-state index >= 15 is 0 Å². The van der Waals surface area contributed by atoms with Gasteiger partial charge in [-0.25, -0.2) is 0 Å². The molecule has 1 aliphatic heterocycles. The van der Waals surface area contributed by atoms with Crippen molar-refractivity contribution in [2.75, 3.05) is 13.1 Å². The van der Waals surface area contributed by atoms with Crippen LogP contribution in [0, 0.1) is 0 Å². The van der Waals surface area contributed by atoms with Gasteiger partial charge in [0.25, 0.3) is 0 Å². The summed E-state index contributed by atoms with van der Waals surface area (Å²) in [6.07, 6.45) is 1.53. The summed E-state index contributed by atoms with van der Waals surface area (Å²) in [5, 5.41) is 1.32. The molecule has 0 spiro atoms. The molecule has 0 saturated carbocycles. The van der Waals surface area contributed by atoms with Crippen LogP contribution in [0.3, 0.4) is 0 Å². The van der Waals surface area contributed by atoms with Crippen LogP contribution in [0.5, 0.6) is 0 Å². The highest BCUT2D eigenvalue weighted by molar-refractivity contribution is 5.56. The molecule has 0 aromatic carbocycles. The first-order valence-electron chi connectivity index (χ1n) is 2.10. The van der Waals surface area contributed by atoms with Crippen LogP contribution in [0.25, 0.3) is 0 Å². The summed E-state index contributed by atoms with van der Waals surface area (Å²) < 4.78 is 6.82. The molecule has 0 radical (unpaired) electrons. The van der Waals surface area contributed by atoms with E-state index in [1.807, 2.05) is 0 Å². The number of hydrogen-bond donors (Lipinski definition) is 1. The van der Waals surface area contributed by atoms with Gasteiger partial charge < -0.3 is 5.31 Å². The summed E-state index contributed by atoms with van der Waals surface area (Å²) in [6.45, 7) is 1.56. The molecule has 1 rings (SSSR count). The standard InChI is InChI=1S/C3H6N2/c1-2-5-3-4-1/h3H,1-2H2,(H,4,5)/i/hD. The third-order valence-electron chi connectivity index (χ3n) is 0.521. The minimum absolute atomic E-state index is 0.764. The zero-order valence-electron chi connectivity index (χ0n) is 3.89. The van der Waals surface area contributed by atoms with Crippen LogP contribution >= 0.6 is 0 Å². The summed E-state index contributed by atoms with van der Waals surface area (Å²) in [4.78, 5) is 3.78. The van der Waals surface area contributed by atoms with Crippen molar-refractivity contribution in [3.8, 4) is 0 Å². The van der Waals surface area contributed by atoms with Gasteiger partial charge in [-0.05, 0) is 0 Å². The van der Waals surface area contributed by atoms with Crippen molar-refractivity contribution >= 4 is 6.34 Å². The van der Waals surface area contributed by atoms with Gasteiger partial charge in [0, 0.05) is 6.54 Å². The number of nitrogens with zero attached hydrogens (tertiary/aromatic N) is 1. The van der Waals surface area contributed by atoms with Crippen molar-refractivity contribution in [2.45, 2.75) is 0 Å². The molecule has 5 heavy (non-hydrogen) atoms. The fraction of sp³-hybridized carbons (Fsp3) is 0.667. The van der Waals surface area contributed by atoms with Gasteiger partial charge in [-0.3, -0.25) is 4.99 Å². The zero-order chi connectivity index (χ0) is 4.41. The first kappa shape index (κ1) is 1.80. The van der Waals surface area contributed by atoms with E-state index in [2.05, 4.69) is 4.99 Å². The second-order valence-electron chi connectivity index (χ2n) is 0.928. The summed E-state index contributed by atoms with van der Waals surface area (Å²) in [6, 6.07) is 0. The van der Waals surface area contributed by atoms with E-state index in [0.717, 1.165) is 13.1 Å². The lowest BCUT2D eigenvalue weighted by Crippen LogP contribution is -2.04. The lowest BCUT2D eigenvalue weighted by Gasteiger charge is -1.75. The minimum atomic E-state index is 0.764. The van der Waals surface area contributed by atoms with Crippen LogP contribution in [0.15, 0.2) is 4.99 Å². The Morgan fingerprint density at radius 1 is 2.20 bits per heavy atom. The van der Waals surface area contributed by atoms with E-state index in [4.69, 9.17) is 1.41 Å². The molecule has 0 fully saturated rings. The predicted octanol–water partition coefficient (Wildman–Crippen LogP) is -0.382. The maximum atomic E-state index is 6.82. The van der Waals surface area contributed by atoms with Crippen LogP contribution in [0.1, 0.15) is 0 Å². The largest absolute Gasteiger partial charge is 0.375 e. The quantitative estimate of drug-likeness (QED) is 0.413. The van der Waals surface area contributed by atoms with Gasteiger partial charge in [-0.15, -0.1) is 0 Å². The van der Waals surface area contributed by atoms with Crippen LogP contribution in [-0.2, 0) is 0 Å². The Morgan fingerprint density at radius 2 is 3.20 bits per heavy atom. The first-order valence-corrected chi connectivity index (χ1v) is 1.65. The summed E-state index contributed by atoms with van der Waals surface area (Å²) in [5.41, 5.74) is 0. The molecule has 0 saturated heterocycles. The Morgan fingerprint density at radius 3 is 3.40 bits per heavy atom. The van der Waals surface area contributed by atoms with Crippen molar-refractivity contribution in [1.29, 1.82) is 0 Å². The molecule has 0 atom stereocenters. The third-order valence-corrected chi connectivity index (χ3v) is 0.521. The van der Waals surface area contributed by atoms with Crippen molar-refractivity contribution in [1.82, 2.24) is 5.31 Å².